The van der Waals surface area contributed by atoms with Crippen molar-refractivity contribution in [1.82, 2.24) is 19.9 Å². The maximum absolute atomic E-state index is 13.2. The summed E-state index contributed by atoms with van der Waals surface area (Å²) < 4.78 is 59.1. The first-order valence-electron chi connectivity index (χ1n) is 6.95. The van der Waals surface area contributed by atoms with Gasteiger partial charge in [-0.05, 0) is 25.1 Å². The van der Waals surface area contributed by atoms with Crippen molar-refractivity contribution in [2.75, 3.05) is 0 Å². The lowest BCUT2D eigenvalue weighted by molar-refractivity contribution is -0.137. The maximum Gasteiger partial charge on any atom is 0.417 e. The molecular formula is C15H12F4N4O. The third-order valence-electron chi connectivity index (χ3n) is 3.56. The van der Waals surface area contributed by atoms with Gasteiger partial charge in [0.1, 0.15) is 5.82 Å². The highest BCUT2D eigenvalue weighted by molar-refractivity contribution is 5.60. The van der Waals surface area contributed by atoms with Crippen molar-refractivity contribution in [2.45, 2.75) is 19.0 Å². The zero-order chi connectivity index (χ0) is 17.5. The molecule has 0 fully saturated rings. The molecule has 9 heteroatoms. The fourth-order valence-corrected chi connectivity index (χ4v) is 2.27. The number of rotatable bonds is 3. The topological polar surface area (TPSA) is 56.7 Å². The van der Waals surface area contributed by atoms with Crippen LogP contribution in [-0.2, 0) is 13.2 Å². The molecule has 0 saturated heterocycles. The fourth-order valence-electron chi connectivity index (χ4n) is 2.27. The van der Waals surface area contributed by atoms with Crippen LogP contribution in [0, 0.1) is 5.82 Å². The first kappa shape index (κ1) is 16.2. The summed E-state index contributed by atoms with van der Waals surface area (Å²) in [6.45, 7) is 1.77. The van der Waals surface area contributed by atoms with E-state index in [1.54, 1.807) is 31.0 Å². The molecule has 0 aliphatic heterocycles. The van der Waals surface area contributed by atoms with Crippen molar-refractivity contribution in [3.8, 4) is 11.4 Å². The van der Waals surface area contributed by atoms with E-state index < -0.39 is 17.6 Å². The highest BCUT2D eigenvalue weighted by Crippen LogP contribution is 2.37. The molecule has 0 saturated carbocycles. The highest BCUT2D eigenvalue weighted by atomic mass is 19.4. The third kappa shape index (κ3) is 3.01. The summed E-state index contributed by atoms with van der Waals surface area (Å²) in [5, 5.41) is 7.63. The molecule has 2 heterocycles. The van der Waals surface area contributed by atoms with Gasteiger partial charge in [-0.3, -0.25) is 4.68 Å². The quantitative estimate of drug-likeness (QED) is 0.681. The van der Waals surface area contributed by atoms with E-state index in [1.807, 2.05) is 0 Å². The Labute approximate surface area is 133 Å². The van der Waals surface area contributed by atoms with Crippen molar-refractivity contribution >= 4 is 0 Å². The predicted octanol–water partition coefficient (Wildman–Crippen LogP) is 3.78. The number of hydrogen-bond acceptors (Lipinski definition) is 4. The van der Waals surface area contributed by atoms with Crippen LogP contribution >= 0.6 is 0 Å². The summed E-state index contributed by atoms with van der Waals surface area (Å²) in [6.07, 6.45) is -1.38. The van der Waals surface area contributed by atoms with Gasteiger partial charge in [-0.15, -0.1) is 0 Å². The van der Waals surface area contributed by atoms with Crippen LogP contribution in [0.2, 0.25) is 0 Å². The number of nitrogens with zero attached hydrogens (tertiary/aromatic N) is 4. The largest absolute Gasteiger partial charge is 0.417 e. The zero-order valence-corrected chi connectivity index (χ0v) is 12.7. The van der Waals surface area contributed by atoms with Gasteiger partial charge in [0.2, 0.25) is 11.7 Å². The Morgan fingerprint density at radius 3 is 2.62 bits per heavy atom. The summed E-state index contributed by atoms with van der Waals surface area (Å²) in [6, 6.07) is 2.32. The van der Waals surface area contributed by atoms with Gasteiger partial charge in [0.15, 0.2) is 0 Å². The molecule has 0 unspecified atom stereocenters. The standard InChI is InChI=1S/C15H12F4N4O/c1-8(9-6-20-23(2)7-9)14-21-13(22-24-14)11-4-3-10(16)5-12(11)15(17,18)19/h3-8H,1-2H3/t8-/m1/s1. The van der Waals surface area contributed by atoms with E-state index in [0.29, 0.717) is 6.07 Å². The normalized spacial score (nSPS) is 13.2. The second-order valence-corrected chi connectivity index (χ2v) is 5.31. The van der Waals surface area contributed by atoms with Gasteiger partial charge in [-0.2, -0.15) is 23.3 Å². The molecule has 0 aliphatic rings. The molecule has 0 bridgehead atoms. The summed E-state index contributed by atoms with van der Waals surface area (Å²) in [5.41, 5.74) is -0.705. The van der Waals surface area contributed by atoms with E-state index in [1.165, 1.54) is 0 Å². The van der Waals surface area contributed by atoms with Gasteiger partial charge in [0.05, 0.1) is 17.7 Å². The zero-order valence-electron chi connectivity index (χ0n) is 12.7. The highest BCUT2D eigenvalue weighted by Gasteiger charge is 2.35. The Balaban J connectivity index is 2.00. The Morgan fingerprint density at radius 2 is 2.00 bits per heavy atom. The van der Waals surface area contributed by atoms with Crippen molar-refractivity contribution in [2.24, 2.45) is 7.05 Å². The van der Waals surface area contributed by atoms with Crippen molar-refractivity contribution in [3.05, 3.63) is 53.4 Å². The molecule has 3 rings (SSSR count). The summed E-state index contributed by atoms with van der Waals surface area (Å²) in [5.74, 6) is -1.42. The molecule has 1 aromatic carbocycles. The molecule has 0 aliphatic carbocycles. The monoisotopic (exact) mass is 340 g/mol. The first-order chi connectivity index (χ1) is 11.3. The molecule has 3 aromatic rings. The van der Waals surface area contributed by atoms with Crippen LogP contribution in [0.1, 0.15) is 29.9 Å². The molecule has 0 N–H and O–H groups in total. The molecule has 24 heavy (non-hydrogen) atoms. The SMILES string of the molecule is C[C@H](c1cnn(C)c1)c1nc(-c2ccc(F)cc2C(F)(F)F)no1. The predicted molar refractivity (Wildman–Crippen MR) is 75.4 cm³/mol. The van der Waals surface area contributed by atoms with Gasteiger partial charge in [0.25, 0.3) is 0 Å². The van der Waals surface area contributed by atoms with Gasteiger partial charge in [-0.25, -0.2) is 4.39 Å². The van der Waals surface area contributed by atoms with E-state index in [2.05, 4.69) is 15.2 Å². The van der Waals surface area contributed by atoms with Crippen molar-refractivity contribution in [1.29, 1.82) is 0 Å². The molecule has 0 radical (unpaired) electrons. The van der Waals surface area contributed by atoms with Crippen LogP contribution < -0.4 is 0 Å². The van der Waals surface area contributed by atoms with Gasteiger partial charge < -0.3 is 4.52 Å². The van der Waals surface area contributed by atoms with E-state index >= 15 is 0 Å². The molecule has 1 atom stereocenters. The number of halogens is 4. The number of aromatic nitrogens is 4. The Bertz CT molecular complexity index is 868. The molecule has 0 amide bonds. The fraction of sp³-hybridized carbons (Fsp3) is 0.267. The average molecular weight is 340 g/mol. The number of benzene rings is 1. The number of hydrogen-bond donors (Lipinski definition) is 0. The molecule has 0 spiro atoms. The molecule has 2 aromatic heterocycles. The summed E-state index contributed by atoms with van der Waals surface area (Å²) >= 11 is 0. The van der Waals surface area contributed by atoms with Gasteiger partial charge in [-0.1, -0.05) is 5.16 Å². The lowest BCUT2D eigenvalue weighted by Crippen LogP contribution is -2.08. The number of aryl methyl sites for hydroxylation is 1. The smallest absolute Gasteiger partial charge is 0.338 e. The van der Waals surface area contributed by atoms with Crippen LogP contribution in [0.3, 0.4) is 0 Å². The summed E-state index contributed by atoms with van der Waals surface area (Å²) in [4.78, 5) is 4.03. The molecule has 5 nitrogen and oxygen atoms in total. The van der Waals surface area contributed by atoms with Crippen LogP contribution in [0.25, 0.3) is 11.4 Å². The average Bonchev–Trinajstić information content (AvgIpc) is 3.14. The van der Waals surface area contributed by atoms with Crippen LogP contribution in [-0.4, -0.2) is 19.9 Å². The molecule has 126 valence electrons. The second kappa shape index (κ2) is 5.73. The van der Waals surface area contributed by atoms with E-state index in [9.17, 15) is 17.6 Å². The first-order valence-corrected chi connectivity index (χ1v) is 6.95. The van der Waals surface area contributed by atoms with Gasteiger partial charge >= 0.3 is 6.18 Å². The minimum Gasteiger partial charge on any atom is -0.338 e. The van der Waals surface area contributed by atoms with Crippen LogP contribution in [0.15, 0.2) is 35.1 Å². The minimum atomic E-state index is -4.73. The van der Waals surface area contributed by atoms with Crippen molar-refractivity contribution in [3.63, 3.8) is 0 Å². The van der Waals surface area contributed by atoms with Crippen LogP contribution in [0.5, 0.6) is 0 Å². The van der Waals surface area contributed by atoms with E-state index in [0.717, 1.165) is 17.7 Å². The summed E-state index contributed by atoms with van der Waals surface area (Å²) in [7, 11) is 1.74. The van der Waals surface area contributed by atoms with E-state index in [4.69, 9.17) is 4.52 Å². The van der Waals surface area contributed by atoms with Gasteiger partial charge in [0, 0.05) is 24.4 Å². The van der Waals surface area contributed by atoms with Crippen LogP contribution in [0.4, 0.5) is 17.6 Å². The Hall–Kier alpha value is -2.71. The van der Waals surface area contributed by atoms with Crippen molar-refractivity contribution < 1.29 is 22.1 Å². The maximum atomic E-state index is 13.2. The lowest BCUT2D eigenvalue weighted by Gasteiger charge is -2.10. The van der Waals surface area contributed by atoms with E-state index in [-0.39, 0.29) is 23.2 Å². The minimum absolute atomic E-state index is 0.149. The Kier molecular flexibility index (Phi) is 3.86. The lowest BCUT2D eigenvalue weighted by atomic mass is 10.0. The molecular weight excluding hydrogens is 328 g/mol. The number of alkyl halides is 3. The third-order valence-corrected chi connectivity index (χ3v) is 3.56. The Morgan fingerprint density at radius 1 is 1.25 bits per heavy atom. The second-order valence-electron chi connectivity index (χ2n) is 5.31.